The Balaban J connectivity index is 0.00000392. The van der Waals surface area contributed by atoms with E-state index < -0.39 is 0 Å². The first-order chi connectivity index (χ1) is 12.9. The summed E-state index contributed by atoms with van der Waals surface area (Å²) in [6.07, 6.45) is 3.69. The molecule has 1 unspecified atom stereocenters. The summed E-state index contributed by atoms with van der Waals surface area (Å²) in [5, 5.41) is 5.59. The van der Waals surface area contributed by atoms with Crippen molar-refractivity contribution in [2.75, 3.05) is 13.6 Å². The van der Waals surface area contributed by atoms with Crippen molar-refractivity contribution in [2.45, 2.75) is 59.0 Å². The van der Waals surface area contributed by atoms with Crippen LogP contribution in [0.3, 0.4) is 0 Å². The van der Waals surface area contributed by atoms with Crippen molar-refractivity contribution in [3.63, 3.8) is 0 Å². The van der Waals surface area contributed by atoms with Crippen molar-refractivity contribution >= 4 is 29.1 Å². The van der Waals surface area contributed by atoms with Gasteiger partial charge >= 0.3 is 0 Å². The molecule has 1 heterocycles. The first kappa shape index (κ1) is 24.1. The lowest BCUT2D eigenvalue weighted by molar-refractivity contribution is 0.0782. The van der Waals surface area contributed by atoms with Gasteiger partial charge in [-0.3, -0.25) is 9.59 Å². The smallest absolute Gasteiger partial charge is 0.274 e. The topological polar surface area (TPSA) is 81.2 Å². The van der Waals surface area contributed by atoms with E-state index >= 15 is 0 Å². The van der Waals surface area contributed by atoms with Gasteiger partial charge in [-0.1, -0.05) is 51.8 Å². The molecular formula is C21H33ClN4O2. The predicted molar refractivity (Wildman–Crippen MR) is 117 cm³/mol. The van der Waals surface area contributed by atoms with Crippen molar-refractivity contribution < 1.29 is 4.79 Å². The zero-order valence-electron chi connectivity index (χ0n) is 17.4. The molecule has 7 heteroatoms. The number of fused-ring (bicyclic) bond motifs is 1. The molecular weight excluding hydrogens is 376 g/mol. The van der Waals surface area contributed by atoms with E-state index in [1.165, 1.54) is 4.68 Å². The maximum atomic E-state index is 13.0. The molecule has 0 saturated carbocycles. The average Bonchev–Trinajstić information content (AvgIpc) is 2.67. The summed E-state index contributed by atoms with van der Waals surface area (Å²) >= 11 is 0. The zero-order chi connectivity index (χ0) is 20.0. The van der Waals surface area contributed by atoms with E-state index in [0.717, 1.165) is 25.7 Å². The van der Waals surface area contributed by atoms with Crippen molar-refractivity contribution in [2.24, 2.45) is 11.7 Å². The van der Waals surface area contributed by atoms with Gasteiger partial charge in [-0.2, -0.15) is 5.10 Å². The van der Waals surface area contributed by atoms with Crippen LogP contribution >= 0.6 is 12.4 Å². The quantitative estimate of drug-likeness (QED) is 0.644. The normalized spacial score (nSPS) is 12.1. The number of aromatic nitrogens is 2. The molecule has 6 nitrogen and oxygen atoms in total. The molecule has 0 spiro atoms. The number of nitrogens with zero attached hydrogens (tertiary/aromatic N) is 3. The van der Waals surface area contributed by atoms with Gasteiger partial charge in [0.15, 0.2) is 5.69 Å². The monoisotopic (exact) mass is 408 g/mol. The van der Waals surface area contributed by atoms with E-state index in [2.05, 4.69) is 25.9 Å². The Morgan fingerprint density at radius 1 is 1.21 bits per heavy atom. The molecule has 156 valence electrons. The first-order valence-corrected chi connectivity index (χ1v) is 9.87. The van der Waals surface area contributed by atoms with Crippen LogP contribution in [0, 0.1) is 5.92 Å². The molecule has 1 aromatic carbocycles. The number of unbranched alkanes of at least 4 members (excludes halogenated alkanes) is 2. The summed E-state index contributed by atoms with van der Waals surface area (Å²) in [6.45, 7) is 7.35. The molecule has 2 rings (SSSR count). The van der Waals surface area contributed by atoms with Crippen molar-refractivity contribution in [3.8, 4) is 0 Å². The SMILES string of the molecule is CCCCCn1nc(C(=O)N(C)CCC(N)C(C)C)c2ccccc2c1=O.Cl. The van der Waals surface area contributed by atoms with Gasteiger partial charge in [-0.05, 0) is 24.8 Å². The Labute approximate surface area is 173 Å². The highest BCUT2D eigenvalue weighted by Gasteiger charge is 2.20. The maximum Gasteiger partial charge on any atom is 0.274 e. The summed E-state index contributed by atoms with van der Waals surface area (Å²) < 4.78 is 1.44. The second-order valence-corrected chi connectivity index (χ2v) is 7.55. The Bertz CT molecular complexity index is 835. The second-order valence-electron chi connectivity index (χ2n) is 7.55. The van der Waals surface area contributed by atoms with Gasteiger partial charge in [0.25, 0.3) is 11.5 Å². The summed E-state index contributed by atoms with van der Waals surface area (Å²) in [5.41, 5.74) is 6.31. The molecule has 1 aromatic heterocycles. The summed E-state index contributed by atoms with van der Waals surface area (Å²) in [4.78, 5) is 27.4. The number of halogens is 1. The molecule has 1 atom stereocenters. The molecule has 0 saturated heterocycles. The molecule has 2 aromatic rings. The highest BCUT2D eigenvalue weighted by molar-refractivity contribution is 6.04. The van der Waals surface area contributed by atoms with Crippen LogP contribution in [-0.4, -0.2) is 40.2 Å². The van der Waals surface area contributed by atoms with E-state index in [1.807, 2.05) is 12.1 Å². The van der Waals surface area contributed by atoms with Gasteiger partial charge in [-0.25, -0.2) is 4.68 Å². The standard InChI is InChI=1S/C21H32N4O2.ClH/c1-5-6-9-13-25-20(26)17-11-8-7-10-16(17)19(23-25)21(27)24(4)14-12-18(22)15(2)3;/h7-8,10-11,15,18H,5-6,9,12-14,22H2,1-4H3;1H. The molecule has 0 fully saturated rings. The number of carbonyl (C=O) groups excluding carboxylic acids is 1. The van der Waals surface area contributed by atoms with Crippen LogP contribution in [0.1, 0.15) is 56.9 Å². The first-order valence-electron chi connectivity index (χ1n) is 9.87. The third-order valence-corrected chi connectivity index (χ3v) is 5.04. The van der Waals surface area contributed by atoms with E-state index in [4.69, 9.17) is 5.73 Å². The molecule has 0 aliphatic heterocycles. The Hall–Kier alpha value is -1.92. The second kappa shape index (κ2) is 11.2. The van der Waals surface area contributed by atoms with Crippen LogP contribution < -0.4 is 11.3 Å². The Morgan fingerprint density at radius 3 is 2.46 bits per heavy atom. The molecule has 28 heavy (non-hydrogen) atoms. The fraction of sp³-hybridized carbons (Fsp3) is 0.571. The van der Waals surface area contributed by atoms with E-state index in [-0.39, 0.29) is 29.9 Å². The van der Waals surface area contributed by atoms with Crippen LogP contribution in [0.5, 0.6) is 0 Å². The molecule has 2 N–H and O–H groups in total. The lowest BCUT2D eigenvalue weighted by Crippen LogP contribution is -2.36. The zero-order valence-corrected chi connectivity index (χ0v) is 18.2. The minimum absolute atomic E-state index is 0. The molecule has 0 aliphatic rings. The number of nitrogens with two attached hydrogens (primary N) is 1. The van der Waals surface area contributed by atoms with Crippen LogP contribution in [0.4, 0.5) is 0 Å². The lowest BCUT2D eigenvalue weighted by atomic mass is 10.0. The number of aryl methyl sites for hydroxylation is 1. The van der Waals surface area contributed by atoms with Crippen LogP contribution in [0.15, 0.2) is 29.1 Å². The summed E-state index contributed by atoms with van der Waals surface area (Å²) in [6, 6.07) is 7.26. The lowest BCUT2D eigenvalue weighted by Gasteiger charge is -2.22. The van der Waals surface area contributed by atoms with E-state index in [0.29, 0.717) is 35.5 Å². The number of carbonyl (C=O) groups is 1. The van der Waals surface area contributed by atoms with Crippen molar-refractivity contribution in [1.82, 2.24) is 14.7 Å². The van der Waals surface area contributed by atoms with Crippen LogP contribution in [0.25, 0.3) is 10.8 Å². The highest BCUT2D eigenvalue weighted by Crippen LogP contribution is 2.16. The third-order valence-electron chi connectivity index (χ3n) is 5.04. The number of rotatable bonds is 9. The van der Waals surface area contributed by atoms with Crippen LogP contribution in [0.2, 0.25) is 0 Å². The van der Waals surface area contributed by atoms with Gasteiger partial charge in [-0.15, -0.1) is 12.4 Å². The van der Waals surface area contributed by atoms with Gasteiger partial charge in [0.1, 0.15) is 0 Å². The number of amides is 1. The van der Waals surface area contributed by atoms with Gasteiger partial charge in [0, 0.05) is 31.6 Å². The maximum absolute atomic E-state index is 13.0. The number of benzene rings is 1. The molecule has 1 amide bonds. The molecule has 0 radical (unpaired) electrons. The molecule has 0 bridgehead atoms. The van der Waals surface area contributed by atoms with Gasteiger partial charge in [0.05, 0.1) is 5.39 Å². The van der Waals surface area contributed by atoms with Gasteiger partial charge in [0.2, 0.25) is 0 Å². The third kappa shape index (κ3) is 5.79. The Kier molecular flexibility index (Phi) is 9.62. The van der Waals surface area contributed by atoms with E-state index in [9.17, 15) is 9.59 Å². The number of hydrogen-bond acceptors (Lipinski definition) is 4. The van der Waals surface area contributed by atoms with E-state index in [1.54, 1.807) is 24.1 Å². The number of hydrogen-bond donors (Lipinski definition) is 1. The van der Waals surface area contributed by atoms with Gasteiger partial charge < -0.3 is 10.6 Å². The minimum Gasteiger partial charge on any atom is -0.340 e. The van der Waals surface area contributed by atoms with Crippen molar-refractivity contribution in [3.05, 3.63) is 40.3 Å². The fourth-order valence-corrected chi connectivity index (χ4v) is 3.01. The molecule has 0 aliphatic carbocycles. The highest BCUT2D eigenvalue weighted by atomic mass is 35.5. The summed E-state index contributed by atoms with van der Waals surface area (Å²) in [5.74, 6) is 0.194. The Morgan fingerprint density at radius 2 is 1.86 bits per heavy atom. The fourth-order valence-electron chi connectivity index (χ4n) is 3.01. The van der Waals surface area contributed by atoms with Crippen molar-refractivity contribution in [1.29, 1.82) is 0 Å². The summed E-state index contributed by atoms with van der Waals surface area (Å²) in [7, 11) is 1.76. The van der Waals surface area contributed by atoms with Crippen LogP contribution in [-0.2, 0) is 6.54 Å². The average molecular weight is 409 g/mol. The predicted octanol–water partition coefficient (Wildman–Crippen LogP) is 3.45. The largest absolute Gasteiger partial charge is 0.340 e. The minimum atomic E-state index is -0.175.